The molecule has 0 aliphatic rings. The van der Waals surface area contributed by atoms with Gasteiger partial charge in [0.05, 0.1) is 5.69 Å². The Bertz CT molecular complexity index is 386. The maximum Gasteiger partial charge on any atom is 0.415 e. The highest BCUT2D eigenvalue weighted by molar-refractivity contribution is 9.10. The Labute approximate surface area is 103 Å². The van der Waals surface area contributed by atoms with Crippen molar-refractivity contribution in [3.63, 3.8) is 0 Å². The summed E-state index contributed by atoms with van der Waals surface area (Å²) in [6.07, 6.45) is -7.16. The summed E-state index contributed by atoms with van der Waals surface area (Å²) in [5.41, 5.74) is -0.0197. The summed E-state index contributed by atoms with van der Waals surface area (Å²) in [5.74, 6) is -0.623. The van der Waals surface area contributed by atoms with E-state index in [4.69, 9.17) is 5.11 Å². The van der Waals surface area contributed by atoms with Gasteiger partial charge in [-0.05, 0) is 28.1 Å². The molecule has 0 aromatic carbocycles. The first-order valence-electron chi connectivity index (χ1n) is 4.57. The van der Waals surface area contributed by atoms with Crippen LogP contribution in [0.4, 0.5) is 17.6 Å². The molecule has 0 spiro atoms. The lowest BCUT2D eigenvalue weighted by atomic mass is 10.3. The van der Waals surface area contributed by atoms with Crippen molar-refractivity contribution in [2.75, 3.05) is 6.54 Å². The summed E-state index contributed by atoms with van der Waals surface area (Å²) < 4.78 is 49.3. The molecular formula is C9H9BrF4N2O. The highest BCUT2D eigenvalue weighted by Gasteiger charge is 2.37. The van der Waals surface area contributed by atoms with Gasteiger partial charge in [-0.1, -0.05) is 0 Å². The van der Waals surface area contributed by atoms with Crippen LogP contribution in [-0.2, 0) is 6.54 Å². The van der Waals surface area contributed by atoms with Gasteiger partial charge in [-0.3, -0.25) is 0 Å². The van der Waals surface area contributed by atoms with Crippen molar-refractivity contribution in [2.24, 2.45) is 0 Å². The summed E-state index contributed by atoms with van der Waals surface area (Å²) in [4.78, 5) is 3.75. The summed E-state index contributed by atoms with van der Waals surface area (Å²) in [6.45, 7) is -0.907. The fourth-order valence-corrected chi connectivity index (χ4v) is 1.37. The molecule has 1 rings (SSSR count). The Morgan fingerprint density at radius 1 is 1.41 bits per heavy atom. The molecule has 3 nitrogen and oxygen atoms in total. The third kappa shape index (κ3) is 4.57. The molecule has 96 valence electrons. The lowest BCUT2D eigenvalue weighted by molar-refractivity contribution is -0.201. The van der Waals surface area contributed by atoms with Gasteiger partial charge in [0.25, 0.3) is 0 Å². The molecule has 0 saturated carbocycles. The third-order valence-corrected chi connectivity index (χ3v) is 2.33. The van der Waals surface area contributed by atoms with Gasteiger partial charge in [0.1, 0.15) is 10.4 Å². The van der Waals surface area contributed by atoms with E-state index in [1.807, 2.05) is 0 Å². The van der Waals surface area contributed by atoms with Crippen molar-refractivity contribution in [3.8, 4) is 0 Å². The third-order valence-electron chi connectivity index (χ3n) is 1.89. The number of hydrogen-bond acceptors (Lipinski definition) is 3. The molecule has 0 aliphatic carbocycles. The quantitative estimate of drug-likeness (QED) is 0.659. The number of alkyl halides is 3. The molecule has 0 radical (unpaired) electrons. The van der Waals surface area contributed by atoms with E-state index in [2.05, 4.69) is 26.2 Å². The molecule has 2 N–H and O–H groups in total. The number of halogens is 5. The number of aliphatic hydroxyl groups is 1. The van der Waals surface area contributed by atoms with Crippen LogP contribution >= 0.6 is 15.9 Å². The second kappa shape index (κ2) is 5.74. The average Bonchev–Trinajstić information content (AvgIpc) is 2.21. The molecule has 0 aliphatic heterocycles. The van der Waals surface area contributed by atoms with E-state index in [0.29, 0.717) is 4.60 Å². The first-order valence-corrected chi connectivity index (χ1v) is 5.36. The highest BCUT2D eigenvalue weighted by Crippen LogP contribution is 2.19. The maximum atomic E-state index is 13.1. The van der Waals surface area contributed by atoms with Gasteiger partial charge in [-0.15, -0.1) is 0 Å². The number of aromatic nitrogens is 1. The Balaban J connectivity index is 2.49. The molecule has 0 fully saturated rings. The van der Waals surface area contributed by atoms with Crippen molar-refractivity contribution in [2.45, 2.75) is 18.8 Å². The topological polar surface area (TPSA) is 45.1 Å². The second-order valence-corrected chi connectivity index (χ2v) is 4.06. The molecule has 0 bridgehead atoms. The van der Waals surface area contributed by atoms with E-state index < -0.39 is 24.6 Å². The fraction of sp³-hybridized carbons (Fsp3) is 0.444. The SMILES string of the molecule is OC(CNCc1nc(Br)ccc1F)C(F)(F)F. The first-order chi connectivity index (χ1) is 7.80. The minimum atomic E-state index is -4.68. The average molecular weight is 317 g/mol. The zero-order chi connectivity index (χ0) is 13.1. The predicted octanol–water partition coefficient (Wildman–Crippen LogP) is 2.00. The van der Waals surface area contributed by atoms with Crippen LogP contribution in [0.2, 0.25) is 0 Å². The first kappa shape index (κ1) is 14.3. The van der Waals surface area contributed by atoms with Crippen LogP contribution < -0.4 is 5.32 Å². The lowest BCUT2D eigenvalue weighted by Crippen LogP contribution is -2.38. The molecule has 1 aromatic heterocycles. The highest BCUT2D eigenvalue weighted by atomic mass is 79.9. The maximum absolute atomic E-state index is 13.1. The Kier molecular flexibility index (Phi) is 4.84. The van der Waals surface area contributed by atoms with Gasteiger partial charge in [-0.25, -0.2) is 9.37 Å². The lowest BCUT2D eigenvalue weighted by Gasteiger charge is -2.14. The van der Waals surface area contributed by atoms with Crippen LogP contribution in [0.3, 0.4) is 0 Å². The summed E-state index contributed by atoms with van der Waals surface area (Å²) >= 11 is 3.01. The van der Waals surface area contributed by atoms with Crippen molar-refractivity contribution < 1.29 is 22.7 Å². The fourth-order valence-electron chi connectivity index (χ4n) is 1.02. The number of aliphatic hydroxyl groups excluding tert-OH is 1. The molecule has 0 amide bonds. The van der Waals surface area contributed by atoms with E-state index in [-0.39, 0.29) is 12.2 Å². The van der Waals surface area contributed by atoms with Gasteiger partial charge < -0.3 is 10.4 Å². The largest absolute Gasteiger partial charge is 0.415 e. The standard InChI is InChI=1S/C9H9BrF4N2O/c10-8-2-1-5(11)6(16-8)3-15-4-7(17)9(12,13)14/h1-2,7,15,17H,3-4H2. The van der Waals surface area contributed by atoms with Gasteiger partial charge in [0.15, 0.2) is 6.10 Å². The van der Waals surface area contributed by atoms with Crippen LogP contribution in [0, 0.1) is 5.82 Å². The van der Waals surface area contributed by atoms with E-state index in [1.165, 1.54) is 6.07 Å². The van der Waals surface area contributed by atoms with Gasteiger partial charge in [-0.2, -0.15) is 13.2 Å². The monoisotopic (exact) mass is 316 g/mol. The van der Waals surface area contributed by atoms with Gasteiger partial charge in [0, 0.05) is 13.1 Å². The summed E-state index contributed by atoms with van der Waals surface area (Å²) in [7, 11) is 0. The minimum Gasteiger partial charge on any atom is -0.382 e. The number of rotatable bonds is 4. The van der Waals surface area contributed by atoms with Crippen molar-refractivity contribution >= 4 is 15.9 Å². The van der Waals surface area contributed by atoms with E-state index in [9.17, 15) is 17.6 Å². The predicted molar refractivity (Wildman–Crippen MR) is 55.7 cm³/mol. The van der Waals surface area contributed by atoms with Crippen molar-refractivity contribution in [1.29, 1.82) is 0 Å². The Hall–Kier alpha value is -0.730. The number of nitrogens with one attached hydrogen (secondary N) is 1. The zero-order valence-electron chi connectivity index (χ0n) is 8.43. The van der Waals surface area contributed by atoms with Crippen LogP contribution in [0.5, 0.6) is 0 Å². The molecule has 8 heteroatoms. The smallest absolute Gasteiger partial charge is 0.382 e. The zero-order valence-corrected chi connectivity index (χ0v) is 10.0. The number of hydrogen-bond donors (Lipinski definition) is 2. The van der Waals surface area contributed by atoms with Crippen LogP contribution in [0.1, 0.15) is 5.69 Å². The normalized spacial score (nSPS) is 13.8. The second-order valence-electron chi connectivity index (χ2n) is 3.25. The molecule has 1 heterocycles. The van der Waals surface area contributed by atoms with Crippen molar-refractivity contribution in [1.82, 2.24) is 10.3 Å². The number of nitrogens with zero attached hydrogens (tertiary/aromatic N) is 1. The molecular weight excluding hydrogens is 308 g/mol. The van der Waals surface area contributed by atoms with Crippen molar-refractivity contribution in [3.05, 3.63) is 28.2 Å². The van der Waals surface area contributed by atoms with E-state index >= 15 is 0 Å². The van der Waals surface area contributed by atoms with Gasteiger partial charge in [0.2, 0.25) is 0 Å². The Morgan fingerprint density at radius 2 is 2.06 bits per heavy atom. The van der Waals surface area contributed by atoms with Crippen LogP contribution in [0.15, 0.2) is 16.7 Å². The van der Waals surface area contributed by atoms with Crippen LogP contribution in [0.25, 0.3) is 0 Å². The molecule has 1 aromatic rings. The van der Waals surface area contributed by atoms with E-state index in [1.54, 1.807) is 0 Å². The molecule has 0 saturated heterocycles. The summed E-state index contributed by atoms with van der Waals surface area (Å²) in [6, 6.07) is 2.53. The summed E-state index contributed by atoms with van der Waals surface area (Å²) in [5, 5.41) is 11.0. The molecule has 1 atom stereocenters. The van der Waals surface area contributed by atoms with Gasteiger partial charge >= 0.3 is 6.18 Å². The minimum absolute atomic E-state index is 0.0197. The molecule has 17 heavy (non-hydrogen) atoms. The Morgan fingerprint density at radius 3 is 2.65 bits per heavy atom. The molecule has 1 unspecified atom stereocenters. The van der Waals surface area contributed by atoms with Crippen LogP contribution in [-0.4, -0.2) is 28.9 Å². The number of pyridine rings is 1. The van der Waals surface area contributed by atoms with E-state index in [0.717, 1.165) is 6.07 Å².